The maximum atomic E-state index is 5.79. The minimum atomic E-state index is 0.351. The second kappa shape index (κ2) is 6.86. The predicted molar refractivity (Wildman–Crippen MR) is 78.2 cm³/mol. The van der Waals surface area contributed by atoms with Crippen LogP contribution < -0.4 is 10.1 Å². The van der Waals surface area contributed by atoms with Crippen molar-refractivity contribution in [3.63, 3.8) is 0 Å². The highest BCUT2D eigenvalue weighted by atomic mass is 16.5. The third-order valence-corrected chi connectivity index (χ3v) is 2.59. The number of rotatable bonds is 6. The highest BCUT2D eigenvalue weighted by Gasteiger charge is 2.06. The molecule has 1 N–H and O–H groups in total. The van der Waals surface area contributed by atoms with Crippen molar-refractivity contribution in [2.75, 3.05) is 19.0 Å². The van der Waals surface area contributed by atoms with Crippen LogP contribution in [-0.4, -0.2) is 23.6 Å². The van der Waals surface area contributed by atoms with Crippen molar-refractivity contribution in [3.05, 3.63) is 41.7 Å². The molecule has 0 saturated carbocycles. The van der Waals surface area contributed by atoms with Crippen LogP contribution in [0.2, 0.25) is 0 Å². The standard InChI is InChI=1S/C15H19N3O2/c1-4-16-13-9-15(18-14(17-13)10-19-3)20-12-7-5-6-11(2)8-12/h5-9H,4,10H2,1-3H3,(H,16,17,18). The van der Waals surface area contributed by atoms with E-state index in [0.29, 0.717) is 18.3 Å². The van der Waals surface area contributed by atoms with Gasteiger partial charge in [0.25, 0.3) is 0 Å². The predicted octanol–water partition coefficient (Wildman–Crippen LogP) is 3.16. The van der Waals surface area contributed by atoms with E-state index in [9.17, 15) is 0 Å². The van der Waals surface area contributed by atoms with E-state index in [-0.39, 0.29) is 0 Å². The van der Waals surface area contributed by atoms with E-state index in [2.05, 4.69) is 15.3 Å². The van der Waals surface area contributed by atoms with Gasteiger partial charge in [-0.05, 0) is 31.5 Å². The largest absolute Gasteiger partial charge is 0.439 e. The normalized spacial score (nSPS) is 10.3. The van der Waals surface area contributed by atoms with E-state index in [4.69, 9.17) is 9.47 Å². The van der Waals surface area contributed by atoms with Gasteiger partial charge < -0.3 is 14.8 Å². The van der Waals surface area contributed by atoms with Gasteiger partial charge in [0.2, 0.25) is 5.88 Å². The first kappa shape index (κ1) is 14.3. The molecule has 0 radical (unpaired) electrons. The average Bonchev–Trinajstić information content (AvgIpc) is 2.39. The summed E-state index contributed by atoms with van der Waals surface area (Å²) >= 11 is 0. The third kappa shape index (κ3) is 3.93. The number of hydrogen-bond donors (Lipinski definition) is 1. The Balaban J connectivity index is 2.25. The molecule has 0 aliphatic carbocycles. The van der Waals surface area contributed by atoms with Gasteiger partial charge in [-0.2, -0.15) is 4.98 Å². The molecule has 5 nitrogen and oxygen atoms in total. The lowest BCUT2D eigenvalue weighted by Crippen LogP contribution is -2.05. The van der Waals surface area contributed by atoms with Crippen molar-refractivity contribution in [1.29, 1.82) is 0 Å². The molecule has 0 fully saturated rings. The zero-order chi connectivity index (χ0) is 14.4. The van der Waals surface area contributed by atoms with E-state index in [1.165, 1.54) is 0 Å². The maximum absolute atomic E-state index is 5.79. The molecular weight excluding hydrogens is 254 g/mol. The summed E-state index contributed by atoms with van der Waals surface area (Å²) in [5.74, 6) is 2.59. The molecule has 0 aliphatic heterocycles. The zero-order valence-electron chi connectivity index (χ0n) is 12.0. The van der Waals surface area contributed by atoms with Gasteiger partial charge in [-0.1, -0.05) is 12.1 Å². The molecule has 5 heteroatoms. The van der Waals surface area contributed by atoms with Crippen LogP contribution >= 0.6 is 0 Å². The summed E-state index contributed by atoms with van der Waals surface area (Å²) in [6.07, 6.45) is 0. The van der Waals surface area contributed by atoms with Crippen LogP contribution in [0.1, 0.15) is 18.3 Å². The van der Waals surface area contributed by atoms with E-state index >= 15 is 0 Å². The summed E-state index contributed by atoms with van der Waals surface area (Å²) < 4.78 is 10.9. The molecule has 2 rings (SSSR count). The molecule has 0 saturated heterocycles. The second-order valence-corrected chi connectivity index (χ2v) is 4.39. The van der Waals surface area contributed by atoms with E-state index in [0.717, 1.165) is 23.7 Å². The molecule has 0 bridgehead atoms. The Labute approximate surface area is 119 Å². The Kier molecular flexibility index (Phi) is 4.90. The molecule has 106 valence electrons. The first-order valence-corrected chi connectivity index (χ1v) is 6.56. The Bertz CT molecular complexity index is 549. The summed E-state index contributed by atoms with van der Waals surface area (Å²) in [7, 11) is 1.62. The number of hydrogen-bond acceptors (Lipinski definition) is 5. The van der Waals surface area contributed by atoms with Crippen molar-refractivity contribution in [3.8, 4) is 11.6 Å². The Morgan fingerprint density at radius 3 is 2.75 bits per heavy atom. The molecule has 0 amide bonds. The molecule has 1 aromatic heterocycles. The summed E-state index contributed by atoms with van der Waals surface area (Å²) in [5.41, 5.74) is 1.14. The first-order valence-electron chi connectivity index (χ1n) is 6.56. The molecule has 1 aromatic carbocycles. The number of benzene rings is 1. The van der Waals surface area contributed by atoms with Crippen molar-refractivity contribution in [1.82, 2.24) is 9.97 Å². The van der Waals surface area contributed by atoms with Crippen LogP contribution in [0.4, 0.5) is 5.82 Å². The maximum Gasteiger partial charge on any atom is 0.224 e. The van der Waals surface area contributed by atoms with Crippen LogP contribution in [0.25, 0.3) is 0 Å². The minimum Gasteiger partial charge on any atom is -0.439 e. The van der Waals surface area contributed by atoms with Gasteiger partial charge in [0.15, 0.2) is 5.82 Å². The molecule has 1 heterocycles. The lowest BCUT2D eigenvalue weighted by Gasteiger charge is -2.10. The van der Waals surface area contributed by atoms with Crippen LogP contribution in [0.15, 0.2) is 30.3 Å². The molecular formula is C15H19N3O2. The molecule has 20 heavy (non-hydrogen) atoms. The number of nitrogens with one attached hydrogen (secondary N) is 1. The van der Waals surface area contributed by atoms with Crippen molar-refractivity contribution in [2.45, 2.75) is 20.5 Å². The quantitative estimate of drug-likeness (QED) is 0.876. The Hall–Kier alpha value is -2.14. The fourth-order valence-electron chi connectivity index (χ4n) is 1.79. The molecule has 2 aromatic rings. The zero-order valence-corrected chi connectivity index (χ0v) is 12.0. The van der Waals surface area contributed by atoms with Crippen LogP contribution in [0, 0.1) is 6.92 Å². The number of methoxy groups -OCH3 is 1. The summed E-state index contributed by atoms with van der Waals surface area (Å²) in [6.45, 7) is 5.17. The highest BCUT2D eigenvalue weighted by molar-refractivity contribution is 5.40. The van der Waals surface area contributed by atoms with Crippen LogP contribution in [0.3, 0.4) is 0 Å². The van der Waals surface area contributed by atoms with Gasteiger partial charge in [0.1, 0.15) is 18.2 Å². The van der Waals surface area contributed by atoms with Crippen molar-refractivity contribution in [2.24, 2.45) is 0 Å². The Morgan fingerprint density at radius 2 is 2.05 bits per heavy atom. The van der Waals surface area contributed by atoms with Gasteiger partial charge in [-0.15, -0.1) is 0 Å². The first-order chi connectivity index (χ1) is 9.71. The second-order valence-electron chi connectivity index (χ2n) is 4.39. The van der Waals surface area contributed by atoms with Crippen LogP contribution in [0.5, 0.6) is 11.6 Å². The van der Waals surface area contributed by atoms with Gasteiger partial charge in [0, 0.05) is 19.7 Å². The SMILES string of the molecule is CCNc1cc(Oc2cccc(C)c2)nc(COC)n1. The lowest BCUT2D eigenvalue weighted by atomic mass is 10.2. The molecule has 0 atom stereocenters. The molecule has 0 aliphatic rings. The van der Waals surface area contributed by atoms with Gasteiger partial charge in [0.05, 0.1) is 0 Å². The summed E-state index contributed by atoms with van der Waals surface area (Å²) in [5, 5.41) is 3.16. The van der Waals surface area contributed by atoms with Crippen molar-refractivity contribution < 1.29 is 9.47 Å². The molecule has 0 spiro atoms. The third-order valence-electron chi connectivity index (χ3n) is 2.59. The summed E-state index contributed by atoms with van der Waals surface area (Å²) in [4.78, 5) is 8.68. The topological polar surface area (TPSA) is 56.3 Å². The van der Waals surface area contributed by atoms with Crippen molar-refractivity contribution >= 4 is 5.82 Å². The fourth-order valence-corrected chi connectivity index (χ4v) is 1.79. The monoisotopic (exact) mass is 273 g/mol. The van der Waals surface area contributed by atoms with Gasteiger partial charge >= 0.3 is 0 Å². The van der Waals surface area contributed by atoms with E-state index < -0.39 is 0 Å². The molecule has 0 unspecified atom stereocenters. The smallest absolute Gasteiger partial charge is 0.224 e. The highest BCUT2D eigenvalue weighted by Crippen LogP contribution is 2.22. The Morgan fingerprint density at radius 1 is 1.20 bits per heavy atom. The van der Waals surface area contributed by atoms with E-state index in [1.54, 1.807) is 13.2 Å². The minimum absolute atomic E-state index is 0.351. The number of anilines is 1. The average molecular weight is 273 g/mol. The van der Waals surface area contributed by atoms with Crippen LogP contribution in [-0.2, 0) is 11.3 Å². The number of ether oxygens (including phenoxy) is 2. The fraction of sp³-hybridized carbons (Fsp3) is 0.333. The van der Waals surface area contributed by atoms with Gasteiger partial charge in [-0.25, -0.2) is 4.98 Å². The number of aryl methyl sites for hydroxylation is 1. The summed E-state index contributed by atoms with van der Waals surface area (Å²) in [6, 6.07) is 9.62. The number of aromatic nitrogens is 2. The van der Waals surface area contributed by atoms with Gasteiger partial charge in [-0.3, -0.25) is 0 Å². The lowest BCUT2D eigenvalue weighted by molar-refractivity contribution is 0.177. The number of nitrogens with zero attached hydrogens (tertiary/aromatic N) is 2. The van der Waals surface area contributed by atoms with E-state index in [1.807, 2.05) is 38.1 Å².